The fourth-order valence-corrected chi connectivity index (χ4v) is 8.23. The summed E-state index contributed by atoms with van der Waals surface area (Å²) in [4.78, 5) is 37.0. The fourth-order valence-electron chi connectivity index (χ4n) is 8.23. The third kappa shape index (κ3) is 34.0. The second kappa shape index (κ2) is 42.6. The van der Waals surface area contributed by atoms with Crippen LogP contribution in [0.3, 0.4) is 0 Å². The molecule has 0 aromatic carbocycles. The van der Waals surface area contributed by atoms with Crippen LogP contribution in [-0.2, 0) is 33.3 Å². The summed E-state index contributed by atoms with van der Waals surface area (Å²) in [6.07, 6.45) is 38.3. The summed E-state index contributed by atoms with van der Waals surface area (Å²) in [7, 11) is 0. The normalized spacial score (nSPS) is 19.4. The first-order valence-electron chi connectivity index (χ1n) is 26.2. The highest BCUT2D eigenvalue weighted by atomic mass is 16.7. The Balaban J connectivity index is 2.28. The van der Waals surface area contributed by atoms with Gasteiger partial charge < -0.3 is 39.4 Å². The molecule has 0 radical (unpaired) electrons. The molecule has 1 fully saturated rings. The average Bonchev–Trinajstić information content (AvgIpc) is 3.27. The van der Waals surface area contributed by atoms with E-state index in [4.69, 9.17) is 18.9 Å². The van der Waals surface area contributed by atoms with Crippen LogP contribution < -0.4 is 0 Å². The molecular formula is C52H96O11. The van der Waals surface area contributed by atoms with E-state index in [9.17, 15) is 34.8 Å². The van der Waals surface area contributed by atoms with Crippen LogP contribution in [0.4, 0.5) is 0 Å². The molecule has 1 aliphatic heterocycles. The third-order valence-electron chi connectivity index (χ3n) is 12.4. The molecule has 0 bridgehead atoms. The summed E-state index contributed by atoms with van der Waals surface area (Å²) >= 11 is 0. The summed E-state index contributed by atoms with van der Waals surface area (Å²) in [6, 6.07) is 0. The zero-order valence-corrected chi connectivity index (χ0v) is 40.3. The highest BCUT2D eigenvalue weighted by molar-refractivity contribution is 5.73. The highest BCUT2D eigenvalue weighted by Crippen LogP contribution is 2.23. The van der Waals surface area contributed by atoms with E-state index in [2.05, 4.69) is 26.0 Å². The first kappa shape index (κ1) is 59.0. The fraction of sp³-hybridized carbons (Fsp3) is 0.904. The largest absolute Gasteiger partial charge is 0.479 e. The van der Waals surface area contributed by atoms with Gasteiger partial charge in [-0.1, -0.05) is 212 Å². The number of rotatable bonds is 45. The lowest BCUT2D eigenvalue weighted by Crippen LogP contribution is -2.60. The van der Waals surface area contributed by atoms with E-state index >= 15 is 0 Å². The van der Waals surface area contributed by atoms with E-state index in [0.29, 0.717) is 12.8 Å². The second-order valence-electron chi connectivity index (χ2n) is 18.4. The van der Waals surface area contributed by atoms with E-state index in [-0.39, 0.29) is 26.1 Å². The molecule has 11 nitrogen and oxygen atoms in total. The average molecular weight is 897 g/mol. The molecule has 0 saturated carbocycles. The maximum absolute atomic E-state index is 12.8. The van der Waals surface area contributed by atoms with Crippen molar-refractivity contribution in [3.05, 3.63) is 12.2 Å². The summed E-state index contributed by atoms with van der Waals surface area (Å²) in [5, 5.41) is 39.9. The number of aliphatic hydroxyl groups excluding tert-OH is 3. The third-order valence-corrected chi connectivity index (χ3v) is 12.4. The molecule has 1 rings (SSSR count). The molecule has 6 unspecified atom stereocenters. The number of carboxylic acid groups (broad SMARTS) is 1. The van der Waals surface area contributed by atoms with Crippen LogP contribution >= 0.6 is 0 Å². The lowest BCUT2D eigenvalue weighted by molar-refractivity contribution is -0.298. The van der Waals surface area contributed by atoms with Crippen molar-refractivity contribution in [2.24, 2.45) is 0 Å². The van der Waals surface area contributed by atoms with Crippen LogP contribution in [0.25, 0.3) is 0 Å². The highest BCUT2D eigenvalue weighted by Gasteiger charge is 2.47. The Morgan fingerprint density at radius 2 is 0.841 bits per heavy atom. The second-order valence-corrected chi connectivity index (χ2v) is 18.4. The van der Waals surface area contributed by atoms with Crippen molar-refractivity contribution in [2.75, 3.05) is 13.2 Å². The number of hydrogen-bond acceptors (Lipinski definition) is 10. The first-order chi connectivity index (χ1) is 30.7. The minimum Gasteiger partial charge on any atom is -0.479 e. The summed E-state index contributed by atoms with van der Waals surface area (Å²) in [5.41, 5.74) is 0. The molecule has 1 saturated heterocycles. The van der Waals surface area contributed by atoms with Crippen LogP contribution in [0.15, 0.2) is 12.2 Å². The summed E-state index contributed by atoms with van der Waals surface area (Å²) in [6.45, 7) is 3.85. The van der Waals surface area contributed by atoms with Gasteiger partial charge in [-0.05, 0) is 38.5 Å². The van der Waals surface area contributed by atoms with Gasteiger partial charge in [-0.15, -0.1) is 0 Å². The molecule has 0 amide bonds. The molecule has 0 aliphatic carbocycles. The van der Waals surface area contributed by atoms with Gasteiger partial charge in [0.1, 0.15) is 24.9 Å². The summed E-state index contributed by atoms with van der Waals surface area (Å²) in [5.74, 6) is -2.43. The summed E-state index contributed by atoms with van der Waals surface area (Å²) < 4.78 is 21.8. The molecule has 0 aromatic heterocycles. The molecule has 0 aromatic rings. The van der Waals surface area contributed by atoms with E-state index in [1.54, 1.807) is 0 Å². The number of hydrogen-bond donors (Lipinski definition) is 4. The number of allylic oxidation sites excluding steroid dienone is 2. The SMILES string of the molecule is CCCCCCCCC/C=C\CCCCCCCC(=O)OCC(COC1OC(C(=O)O)C(O)C(O)C1O)OC(=O)CCCCCCCCCCCCCCCCCCCCCCC. The first-order valence-corrected chi connectivity index (χ1v) is 26.2. The van der Waals surface area contributed by atoms with Crippen molar-refractivity contribution in [3.8, 4) is 0 Å². The van der Waals surface area contributed by atoms with E-state index < -0.39 is 54.7 Å². The number of ether oxygens (including phenoxy) is 4. The topological polar surface area (TPSA) is 169 Å². The molecule has 1 aliphatic rings. The standard InChI is InChI=1S/C52H96O11/c1-3-5-7-9-11-13-15-17-19-21-22-23-24-25-27-29-31-33-35-37-39-41-46(54)62-44(43-61-52-49(57)47(55)48(56)50(63-52)51(58)59)42-60-45(53)40-38-36-34-32-30-28-26-20-18-16-14-12-10-8-6-4-2/h20,26,44,47-50,52,55-57H,3-19,21-25,27-43H2,1-2H3,(H,58,59)/b26-20-. The molecule has 0 spiro atoms. The number of carbonyl (C=O) groups excluding carboxylic acids is 2. The van der Waals surface area contributed by atoms with Crippen LogP contribution in [0.2, 0.25) is 0 Å². The predicted octanol–water partition coefficient (Wildman–Crippen LogP) is 12.4. The van der Waals surface area contributed by atoms with Crippen LogP contribution in [0, 0.1) is 0 Å². The van der Waals surface area contributed by atoms with Crippen molar-refractivity contribution < 1.29 is 53.8 Å². The molecular weight excluding hydrogens is 801 g/mol. The number of carbonyl (C=O) groups is 3. The van der Waals surface area contributed by atoms with Gasteiger partial charge in [0, 0.05) is 12.8 Å². The van der Waals surface area contributed by atoms with Crippen molar-refractivity contribution in [2.45, 2.75) is 288 Å². The zero-order valence-electron chi connectivity index (χ0n) is 40.3. The van der Waals surface area contributed by atoms with Crippen molar-refractivity contribution in [3.63, 3.8) is 0 Å². The number of aliphatic carboxylic acids is 1. The molecule has 4 N–H and O–H groups in total. The number of carboxylic acids is 1. The van der Waals surface area contributed by atoms with Gasteiger partial charge in [-0.3, -0.25) is 9.59 Å². The molecule has 63 heavy (non-hydrogen) atoms. The Hall–Kier alpha value is -2.05. The van der Waals surface area contributed by atoms with Gasteiger partial charge in [0.2, 0.25) is 0 Å². The lowest BCUT2D eigenvalue weighted by Gasteiger charge is -2.38. The Morgan fingerprint density at radius 1 is 0.476 bits per heavy atom. The van der Waals surface area contributed by atoms with Gasteiger partial charge in [0.25, 0.3) is 0 Å². The molecule has 11 heteroatoms. The van der Waals surface area contributed by atoms with Gasteiger partial charge in [0.05, 0.1) is 6.61 Å². The van der Waals surface area contributed by atoms with E-state index in [1.165, 1.54) is 154 Å². The maximum Gasteiger partial charge on any atom is 0.335 e. The van der Waals surface area contributed by atoms with Crippen molar-refractivity contribution >= 4 is 17.9 Å². The minimum absolute atomic E-state index is 0.188. The smallest absolute Gasteiger partial charge is 0.335 e. The number of unbranched alkanes of at least 4 members (excludes halogenated alkanes) is 32. The Morgan fingerprint density at radius 3 is 1.24 bits per heavy atom. The monoisotopic (exact) mass is 897 g/mol. The number of esters is 2. The Labute approximate surface area is 384 Å². The van der Waals surface area contributed by atoms with Gasteiger partial charge in [-0.25, -0.2) is 4.79 Å². The quantitative estimate of drug-likeness (QED) is 0.0261. The molecule has 370 valence electrons. The van der Waals surface area contributed by atoms with Crippen molar-refractivity contribution in [1.29, 1.82) is 0 Å². The predicted molar refractivity (Wildman–Crippen MR) is 252 cm³/mol. The Kier molecular flexibility index (Phi) is 39.9. The number of aliphatic hydroxyl groups is 3. The zero-order chi connectivity index (χ0) is 46.0. The van der Waals surface area contributed by atoms with Crippen LogP contribution in [-0.4, -0.2) is 88.4 Å². The Bertz CT molecular complexity index is 1100. The molecule has 6 atom stereocenters. The molecule has 1 heterocycles. The maximum atomic E-state index is 12.8. The van der Waals surface area contributed by atoms with Crippen LogP contribution in [0.1, 0.15) is 251 Å². The van der Waals surface area contributed by atoms with Crippen LogP contribution in [0.5, 0.6) is 0 Å². The van der Waals surface area contributed by atoms with Gasteiger partial charge in [-0.2, -0.15) is 0 Å². The minimum atomic E-state index is -1.86. The van der Waals surface area contributed by atoms with Crippen molar-refractivity contribution in [1.82, 2.24) is 0 Å². The van der Waals surface area contributed by atoms with Gasteiger partial charge in [0.15, 0.2) is 18.5 Å². The van der Waals surface area contributed by atoms with Gasteiger partial charge >= 0.3 is 17.9 Å². The van der Waals surface area contributed by atoms with E-state index in [0.717, 1.165) is 57.8 Å². The lowest BCUT2D eigenvalue weighted by atomic mass is 9.99. The van der Waals surface area contributed by atoms with E-state index in [1.807, 2.05) is 0 Å².